The molecule has 0 bridgehead atoms. The molecule has 0 radical (unpaired) electrons. The first-order chi connectivity index (χ1) is 9.70. The summed E-state index contributed by atoms with van der Waals surface area (Å²) in [5.41, 5.74) is 0.994. The molecule has 1 saturated heterocycles. The fourth-order valence-electron chi connectivity index (χ4n) is 3.02. The summed E-state index contributed by atoms with van der Waals surface area (Å²) in [5, 5.41) is 6.35. The van der Waals surface area contributed by atoms with Crippen LogP contribution in [0.3, 0.4) is 0 Å². The summed E-state index contributed by atoms with van der Waals surface area (Å²) in [6, 6.07) is 6.78. The Kier molecular flexibility index (Phi) is 5.22. The fraction of sp³-hybridized carbons (Fsp3) is 0.562. The van der Waals surface area contributed by atoms with E-state index < -0.39 is 0 Å². The first kappa shape index (κ1) is 16.2. The lowest BCUT2D eigenvalue weighted by Gasteiger charge is -2.23. The molecule has 2 N–H and O–H groups in total. The highest BCUT2D eigenvalue weighted by Gasteiger charge is 2.44. The van der Waals surface area contributed by atoms with Crippen LogP contribution >= 0.6 is 12.4 Å². The molecular formula is C16H22ClFN2O. The van der Waals surface area contributed by atoms with E-state index in [1.54, 1.807) is 12.1 Å². The maximum atomic E-state index is 13.3. The predicted molar refractivity (Wildman–Crippen MR) is 83.2 cm³/mol. The summed E-state index contributed by atoms with van der Waals surface area (Å²) in [4.78, 5) is 12.2. The van der Waals surface area contributed by atoms with Gasteiger partial charge in [0.25, 0.3) is 0 Å². The van der Waals surface area contributed by atoms with Crippen molar-refractivity contribution in [3.8, 4) is 0 Å². The van der Waals surface area contributed by atoms with Crippen LogP contribution in [0.5, 0.6) is 0 Å². The summed E-state index contributed by atoms with van der Waals surface area (Å²) in [5.74, 6) is 0.104. The van der Waals surface area contributed by atoms with E-state index in [-0.39, 0.29) is 35.5 Å². The summed E-state index contributed by atoms with van der Waals surface area (Å²) >= 11 is 0. The van der Waals surface area contributed by atoms with Crippen LogP contribution in [0.15, 0.2) is 24.3 Å². The molecule has 21 heavy (non-hydrogen) atoms. The Hall–Kier alpha value is -1.13. The maximum Gasteiger partial charge on any atom is 0.223 e. The standard InChI is InChI=1S/C16H21FN2O.ClH/c17-14-3-1-2-13(10-14)16(6-7-16)11-19-15(20)12-4-8-18-9-5-12;/h1-3,10,12,18H,4-9,11H2,(H,19,20);1H. The minimum Gasteiger partial charge on any atom is -0.355 e. The van der Waals surface area contributed by atoms with Crippen LogP contribution in [0.4, 0.5) is 4.39 Å². The van der Waals surface area contributed by atoms with E-state index in [1.807, 2.05) is 6.07 Å². The second-order valence-electron chi connectivity index (χ2n) is 6.03. The first-order valence-electron chi connectivity index (χ1n) is 7.44. The summed E-state index contributed by atoms with van der Waals surface area (Å²) in [6.45, 7) is 2.49. The molecule has 1 aliphatic carbocycles. The maximum absolute atomic E-state index is 13.3. The van der Waals surface area contributed by atoms with Crippen molar-refractivity contribution in [2.45, 2.75) is 31.1 Å². The van der Waals surface area contributed by atoms with E-state index >= 15 is 0 Å². The Morgan fingerprint density at radius 1 is 1.33 bits per heavy atom. The molecule has 1 saturated carbocycles. The average Bonchev–Trinajstić information content (AvgIpc) is 3.27. The van der Waals surface area contributed by atoms with Crippen molar-refractivity contribution in [1.82, 2.24) is 10.6 Å². The van der Waals surface area contributed by atoms with Crippen LogP contribution in [-0.4, -0.2) is 25.5 Å². The van der Waals surface area contributed by atoms with Crippen LogP contribution < -0.4 is 10.6 Å². The van der Waals surface area contributed by atoms with E-state index in [0.717, 1.165) is 44.3 Å². The third kappa shape index (κ3) is 3.74. The number of amides is 1. The van der Waals surface area contributed by atoms with Gasteiger partial charge < -0.3 is 10.6 Å². The zero-order valence-corrected chi connectivity index (χ0v) is 12.8. The number of halogens is 2. The SMILES string of the molecule is Cl.O=C(NCC1(c2cccc(F)c2)CC1)C1CCNCC1. The van der Waals surface area contributed by atoms with Gasteiger partial charge in [-0.15, -0.1) is 12.4 Å². The topological polar surface area (TPSA) is 41.1 Å². The largest absolute Gasteiger partial charge is 0.355 e. The van der Waals surface area contributed by atoms with Crippen molar-refractivity contribution in [2.75, 3.05) is 19.6 Å². The van der Waals surface area contributed by atoms with Crippen molar-refractivity contribution < 1.29 is 9.18 Å². The molecule has 0 spiro atoms. The second-order valence-corrected chi connectivity index (χ2v) is 6.03. The van der Waals surface area contributed by atoms with Gasteiger partial charge in [-0.05, 0) is 56.5 Å². The third-order valence-corrected chi connectivity index (χ3v) is 4.60. The minimum atomic E-state index is -0.196. The number of carbonyl (C=O) groups excluding carboxylic acids is 1. The Labute approximate surface area is 131 Å². The van der Waals surface area contributed by atoms with E-state index in [2.05, 4.69) is 10.6 Å². The third-order valence-electron chi connectivity index (χ3n) is 4.60. The number of rotatable bonds is 4. The van der Waals surface area contributed by atoms with Gasteiger partial charge in [-0.1, -0.05) is 12.1 Å². The monoisotopic (exact) mass is 312 g/mol. The van der Waals surface area contributed by atoms with Gasteiger partial charge in [-0.3, -0.25) is 4.79 Å². The molecule has 3 nitrogen and oxygen atoms in total. The number of carbonyl (C=O) groups is 1. The van der Waals surface area contributed by atoms with Gasteiger partial charge in [0.15, 0.2) is 0 Å². The molecule has 0 aromatic heterocycles. The minimum absolute atomic E-state index is 0. The van der Waals surface area contributed by atoms with E-state index in [4.69, 9.17) is 0 Å². The number of piperidine rings is 1. The molecule has 1 aromatic rings. The molecule has 1 amide bonds. The average molecular weight is 313 g/mol. The summed E-state index contributed by atoms with van der Waals surface area (Å²) < 4.78 is 13.3. The lowest BCUT2D eigenvalue weighted by atomic mass is 9.94. The lowest BCUT2D eigenvalue weighted by molar-refractivity contribution is -0.125. The van der Waals surface area contributed by atoms with E-state index in [9.17, 15) is 9.18 Å². The second kappa shape index (κ2) is 6.75. The number of hydrogen-bond donors (Lipinski definition) is 2. The van der Waals surface area contributed by atoms with Gasteiger partial charge in [0.1, 0.15) is 5.82 Å². The Morgan fingerprint density at radius 2 is 2.05 bits per heavy atom. The molecule has 2 aliphatic rings. The molecule has 3 rings (SSSR count). The Balaban J connectivity index is 0.00000161. The van der Waals surface area contributed by atoms with Crippen molar-refractivity contribution in [3.63, 3.8) is 0 Å². The van der Waals surface area contributed by atoms with Crippen molar-refractivity contribution in [2.24, 2.45) is 5.92 Å². The van der Waals surface area contributed by atoms with Crippen LogP contribution in [0.2, 0.25) is 0 Å². The zero-order valence-electron chi connectivity index (χ0n) is 12.0. The van der Waals surface area contributed by atoms with E-state index in [0.29, 0.717) is 6.54 Å². The molecular weight excluding hydrogens is 291 g/mol. The molecule has 2 fully saturated rings. The first-order valence-corrected chi connectivity index (χ1v) is 7.44. The highest BCUT2D eigenvalue weighted by Crippen LogP contribution is 2.47. The van der Waals surface area contributed by atoms with Crippen LogP contribution in [0.1, 0.15) is 31.2 Å². The van der Waals surface area contributed by atoms with Crippen LogP contribution in [0.25, 0.3) is 0 Å². The molecule has 0 unspecified atom stereocenters. The van der Waals surface area contributed by atoms with Gasteiger partial charge in [-0.2, -0.15) is 0 Å². The number of hydrogen-bond acceptors (Lipinski definition) is 2. The molecule has 116 valence electrons. The normalized spacial score (nSPS) is 20.4. The summed E-state index contributed by atoms with van der Waals surface area (Å²) in [6.07, 6.45) is 3.89. The molecule has 1 aliphatic heterocycles. The fourth-order valence-corrected chi connectivity index (χ4v) is 3.02. The number of nitrogens with one attached hydrogen (secondary N) is 2. The predicted octanol–water partition coefficient (Wildman–Crippen LogP) is 2.39. The zero-order chi connectivity index (χ0) is 14.0. The quantitative estimate of drug-likeness (QED) is 0.896. The Morgan fingerprint density at radius 3 is 2.67 bits per heavy atom. The number of benzene rings is 1. The highest BCUT2D eigenvalue weighted by molar-refractivity contribution is 5.85. The highest BCUT2D eigenvalue weighted by atomic mass is 35.5. The van der Waals surface area contributed by atoms with Gasteiger partial charge >= 0.3 is 0 Å². The molecule has 1 heterocycles. The molecule has 5 heteroatoms. The van der Waals surface area contributed by atoms with Crippen molar-refractivity contribution in [1.29, 1.82) is 0 Å². The van der Waals surface area contributed by atoms with Crippen LogP contribution in [0, 0.1) is 11.7 Å². The van der Waals surface area contributed by atoms with E-state index in [1.165, 1.54) is 6.07 Å². The van der Waals surface area contributed by atoms with Gasteiger partial charge in [0.05, 0.1) is 0 Å². The van der Waals surface area contributed by atoms with Gasteiger partial charge in [0, 0.05) is 17.9 Å². The van der Waals surface area contributed by atoms with Crippen molar-refractivity contribution >= 4 is 18.3 Å². The lowest BCUT2D eigenvalue weighted by Crippen LogP contribution is -2.40. The van der Waals surface area contributed by atoms with Gasteiger partial charge in [0.2, 0.25) is 5.91 Å². The van der Waals surface area contributed by atoms with Crippen LogP contribution in [-0.2, 0) is 10.2 Å². The molecule has 1 aromatic carbocycles. The van der Waals surface area contributed by atoms with Crippen molar-refractivity contribution in [3.05, 3.63) is 35.6 Å². The smallest absolute Gasteiger partial charge is 0.223 e. The Bertz CT molecular complexity index is 499. The van der Waals surface area contributed by atoms with Gasteiger partial charge in [-0.25, -0.2) is 4.39 Å². The molecule has 0 atom stereocenters. The summed E-state index contributed by atoms with van der Waals surface area (Å²) in [7, 11) is 0.